The Morgan fingerprint density at radius 1 is 0.872 bits per heavy atom. The van der Waals surface area contributed by atoms with Gasteiger partial charge < -0.3 is 9.47 Å². The molecule has 4 rings (SSSR count). The molecule has 8 heteroatoms. The van der Waals surface area contributed by atoms with E-state index in [0.717, 1.165) is 14.7 Å². The fourth-order valence-electron chi connectivity index (χ4n) is 3.58. The molecule has 1 atom stereocenters. The lowest BCUT2D eigenvalue weighted by molar-refractivity contribution is -0.384. The number of nitrogens with zero attached hydrogens (tertiary/aromatic N) is 1. The fourth-order valence-corrected chi connectivity index (χ4v) is 5.64. The summed E-state index contributed by atoms with van der Waals surface area (Å²) in [6.07, 6.45) is 0. The van der Waals surface area contributed by atoms with Gasteiger partial charge >= 0.3 is 5.97 Å². The van der Waals surface area contributed by atoms with E-state index in [1.807, 2.05) is 42.5 Å². The number of nitro groups is 1. The summed E-state index contributed by atoms with van der Waals surface area (Å²) in [6, 6.07) is 29.7. The summed E-state index contributed by atoms with van der Waals surface area (Å²) in [5.41, 5.74) is -0.551. The highest BCUT2D eigenvalue weighted by atomic mass is 32.2. The third kappa shape index (κ3) is 7.69. The van der Waals surface area contributed by atoms with Gasteiger partial charge in [0.2, 0.25) is 0 Å². The molecule has 4 aromatic rings. The van der Waals surface area contributed by atoms with Gasteiger partial charge in [0.15, 0.2) is 26.9 Å². The molecule has 0 fully saturated rings. The van der Waals surface area contributed by atoms with E-state index in [9.17, 15) is 19.3 Å². The SMILES string of the molecule is CC(C)(C#Cc1ccc([N+](=O)[O-])cc1)OC(=O)COc1ccc([S+](c2ccccc2)c2ccc(F)cc2)cc1. The minimum absolute atomic E-state index is 0.0251. The normalized spacial score (nSPS) is 11.6. The maximum atomic E-state index is 13.5. The number of carbonyl (C=O) groups excluding carboxylic acids is 1. The summed E-state index contributed by atoms with van der Waals surface area (Å²) in [5.74, 6) is 5.36. The average Bonchev–Trinajstić information content (AvgIpc) is 2.93. The first-order chi connectivity index (χ1) is 18.7. The quantitative estimate of drug-likeness (QED) is 0.0826. The predicted molar refractivity (Wildman–Crippen MR) is 147 cm³/mol. The van der Waals surface area contributed by atoms with Crippen LogP contribution in [-0.2, 0) is 20.4 Å². The number of carbonyl (C=O) groups is 1. The first kappa shape index (κ1) is 27.4. The van der Waals surface area contributed by atoms with Crippen molar-refractivity contribution in [3.05, 3.63) is 125 Å². The Balaban J connectivity index is 1.38. The predicted octanol–water partition coefficient (Wildman–Crippen LogP) is 6.58. The molecule has 0 N–H and O–H groups in total. The zero-order valence-corrected chi connectivity index (χ0v) is 22.1. The molecule has 0 aliphatic carbocycles. The van der Waals surface area contributed by atoms with Crippen molar-refractivity contribution in [1.82, 2.24) is 0 Å². The molecule has 0 spiro atoms. The van der Waals surface area contributed by atoms with E-state index in [0.29, 0.717) is 11.3 Å². The molecule has 39 heavy (non-hydrogen) atoms. The van der Waals surface area contributed by atoms with Crippen LogP contribution in [0, 0.1) is 27.8 Å². The van der Waals surface area contributed by atoms with Crippen LogP contribution in [-0.4, -0.2) is 23.1 Å². The van der Waals surface area contributed by atoms with Crippen LogP contribution in [0.1, 0.15) is 19.4 Å². The maximum Gasteiger partial charge on any atom is 0.345 e. The number of halogens is 1. The van der Waals surface area contributed by atoms with Gasteiger partial charge in [-0.25, -0.2) is 9.18 Å². The summed E-state index contributed by atoms with van der Waals surface area (Å²) < 4.78 is 24.6. The Morgan fingerprint density at radius 3 is 2.03 bits per heavy atom. The van der Waals surface area contributed by atoms with Gasteiger partial charge in [-0.3, -0.25) is 10.1 Å². The van der Waals surface area contributed by atoms with Crippen molar-refractivity contribution in [2.75, 3.05) is 6.61 Å². The highest BCUT2D eigenvalue weighted by molar-refractivity contribution is 7.97. The zero-order chi connectivity index (χ0) is 27.8. The van der Waals surface area contributed by atoms with E-state index in [-0.39, 0.29) is 18.1 Å². The largest absolute Gasteiger partial charge is 0.482 e. The van der Waals surface area contributed by atoms with Gasteiger partial charge in [0, 0.05) is 17.7 Å². The topological polar surface area (TPSA) is 78.7 Å². The van der Waals surface area contributed by atoms with Gasteiger partial charge in [-0.15, -0.1) is 0 Å². The van der Waals surface area contributed by atoms with Crippen molar-refractivity contribution in [2.45, 2.75) is 34.1 Å². The molecule has 0 saturated carbocycles. The number of benzene rings is 4. The van der Waals surface area contributed by atoms with Crippen molar-refractivity contribution < 1.29 is 23.6 Å². The first-order valence-electron chi connectivity index (χ1n) is 12.0. The molecule has 4 aromatic carbocycles. The molecular formula is C31H25FNO5S+. The fraction of sp³-hybridized carbons (Fsp3) is 0.129. The lowest BCUT2D eigenvalue weighted by Gasteiger charge is -2.19. The number of ether oxygens (including phenoxy) is 2. The molecule has 0 amide bonds. The third-order valence-electron chi connectivity index (χ3n) is 5.40. The van der Waals surface area contributed by atoms with Crippen molar-refractivity contribution in [2.24, 2.45) is 0 Å². The van der Waals surface area contributed by atoms with Crippen LogP contribution in [0.4, 0.5) is 10.1 Å². The Morgan fingerprint density at radius 2 is 1.44 bits per heavy atom. The van der Waals surface area contributed by atoms with E-state index < -0.39 is 27.4 Å². The molecule has 0 aliphatic rings. The standard InChI is InChI=1S/C31H25FNO5S/c1-31(2,21-20-23-8-12-25(13-9-23)33(35)36)38-30(34)22-37-26-14-18-29(19-15-26)39(27-6-4-3-5-7-27)28-16-10-24(32)11-17-28/h3-19H,22H2,1-2H3/q+1. The van der Waals surface area contributed by atoms with Crippen molar-refractivity contribution in [3.63, 3.8) is 0 Å². The van der Waals surface area contributed by atoms with E-state index in [2.05, 4.69) is 11.8 Å². The van der Waals surface area contributed by atoms with Gasteiger partial charge in [-0.1, -0.05) is 30.0 Å². The molecule has 0 radical (unpaired) electrons. The Labute approximate surface area is 228 Å². The average molecular weight is 543 g/mol. The monoisotopic (exact) mass is 542 g/mol. The summed E-state index contributed by atoms with van der Waals surface area (Å²) in [7, 11) is -0.442. The smallest absolute Gasteiger partial charge is 0.345 e. The van der Waals surface area contributed by atoms with Crippen LogP contribution in [0.5, 0.6) is 5.75 Å². The summed E-state index contributed by atoms with van der Waals surface area (Å²) >= 11 is 0. The number of nitro benzene ring substituents is 1. The van der Waals surface area contributed by atoms with Crippen LogP contribution in [0.2, 0.25) is 0 Å². The highest BCUT2D eigenvalue weighted by Crippen LogP contribution is 2.32. The van der Waals surface area contributed by atoms with E-state index in [4.69, 9.17) is 9.47 Å². The molecule has 1 unspecified atom stereocenters. The Hall–Kier alpha value is -4.61. The van der Waals surface area contributed by atoms with Gasteiger partial charge in [0.05, 0.1) is 15.8 Å². The van der Waals surface area contributed by atoms with E-state index in [1.165, 1.54) is 36.4 Å². The second kappa shape index (κ2) is 12.3. The number of rotatable bonds is 8. The van der Waals surface area contributed by atoms with Crippen LogP contribution in [0.3, 0.4) is 0 Å². The van der Waals surface area contributed by atoms with Crippen molar-refractivity contribution in [1.29, 1.82) is 0 Å². The summed E-state index contributed by atoms with van der Waals surface area (Å²) in [5, 5.41) is 10.8. The molecule has 0 heterocycles. The second-order valence-electron chi connectivity index (χ2n) is 8.87. The number of hydrogen-bond acceptors (Lipinski definition) is 5. The summed E-state index contributed by atoms with van der Waals surface area (Å²) in [4.78, 5) is 25.8. The van der Waals surface area contributed by atoms with Gasteiger partial charge in [0.25, 0.3) is 5.69 Å². The van der Waals surface area contributed by atoms with Crippen LogP contribution in [0.25, 0.3) is 0 Å². The highest BCUT2D eigenvalue weighted by Gasteiger charge is 2.28. The molecule has 0 bridgehead atoms. The Bertz CT molecular complexity index is 1490. The van der Waals surface area contributed by atoms with Crippen LogP contribution >= 0.6 is 0 Å². The lowest BCUT2D eigenvalue weighted by Crippen LogP contribution is -2.29. The molecule has 0 saturated heterocycles. The summed E-state index contributed by atoms with van der Waals surface area (Å²) in [6.45, 7) is 3.00. The first-order valence-corrected chi connectivity index (χ1v) is 13.2. The van der Waals surface area contributed by atoms with Gasteiger partial charge in [-0.2, -0.15) is 0 Å². The van der Waals surface area contributed by atoms with E-state index in [1.54, 1.807) is 38.1 Å². The van der Waals surface area contributed by atoms with Gasteiger partial charge in [0.1, 0.15) is 11.6 Å². The van der Waals surface area contributed by atoms with Crippen LogP contribution < -0.4 is 4.74 Å². The molecule has 0 aromatic heterocycles. The number of non-ortho nitro benzene ring substituents is 1. The maximum absolute atomic E-state index is 13.5. The molecular weight excluding hydrogens is 517 g/mol. The number of hydrogen-bond donors (Lipinski definition) is 0. The van der Waals surface area contributed by atoms with E-state index >= 15 is 0 Å². The minimum atomic E-state index is -1.09. The molecule has 0 aliphatic heterocycles. The van der Waals surface area contributed by atoms with Crippen molar-refractivity contribution in [3.8, 4) is 17.6 Å². The molecule has 6 nitrogen and oxygen atoms in total. The lowest BCUT2D eigenvalue weighted by atomic mass is 10.1. The zero-order valence-electron chi connectivity index (χ0n) is 21.3. The molecule has 196 valence electrons. The van der Waals surface area contributed by atoms with Crippen molar-refractivity contribution >= 4 is 22.6 Å². The van der Waals surface area contributed by atoms with Gasteiger partial charge in [-0.05, 0) is 86.6 Å². The third-order valence-corrected chi connectivity index (χ3v) is 7.63. The number of esters is 1. The Kier molecular flexibility index (Phi) is 8.64. The van der Waals surface area contributed by atoms with Crippen LogP contribution in [0.15, 0.2) is 118 Å². The minimum Gasteiger partial charge on any atom is -0.482 e. The second-order valence-corrected chi connectivity index (χ2v) is 10.9.